The standard InChI is InChI=1S/C15H12Cl2N2O2/c1-19(8-9-10(16)3-2-4-11(9)17)15(20)13-7-14-12(18-13)5-6-21-14/h2-7,18H,8H2,1H3. The summed E-state index contributed by atoms with van der Waals surface area (Å²) >= 11 is 12.3. The van der Waals surface area contributed by atoms with Gasteiger partial charge in [0.25, 0.3) is 5.91 Å². The normalized spacial score (nSPS) is 11.0. The minimum Gasteiger partial charge on any atom is -0.463 e. The number of hydrogen-bond acceptors (Lipinski definition) is 2. The molecule has 0 fully saturated rings. The molecule has 3 aromatic rings. The molecule has 2 heterocycles. The van der Waals surface area contributed by atoms with E-state index >= 15 is 0 Å². The Balaban J connectivity index is 1.83. The fourth-order valence-electron chi connectivity index (χ4n) is 2.16. The van der Waals surface area contributed by atoms with Gasteiger partial charge in [0.1, 0.15) is 5.69 Å². The summed E-state index contributed by atoms with van der Waals surface area (Å²) in [5.41, 5.74) is 2.65. The van der Waals surface area contributed by atoms with Gasteiger partial charge in [-0.05, 0) is 12.1 Å². The highest BCUT2D eigenvalue weighted by molar-refractivity contribution is 6.36. The summed E-state index contributed by atoms with van der Waals surface area (Å²) in [4.78, 5) is 17.0. The summed E-state index contributed by atoms with van der Waals surface area (Å²) in [6.45, 7) is 0.331. The van der Waals surface area contributed by atoms with Crippen LogP contribution in [0.1, 0.15) is 16.1 Å². The SMILES string of the molecule is CN(Cc1c(Cl)cccc1Cl)C(=O)c1cc2occc2[nH]1. The van der Waals surface area contributed by atoms with Crippen LogP contribution in [0.15, 0.2) is 41.0 Å². The maximum atomic E-state index is 12.4. The number of benzene rings is 1. The van der Waals surface area contributed by atoms with E-state index in [2.05, 4.69) is 4.98 Å². The number of fused-ring (bicyclic) bond motifs is 1. The number of aromatic amines is 1. The summed E-state index contributed by atoms with van der Waals surface area (Å²) in [5, 5.41) is 1.09. The number of halogens is 2. The van der Waals surface area contributed by atoms with Crippen LogP contribution in [0.2, 0.25) is 10.0 Å². The molecule has 3 rings (SSSR count). The van der Waals surface area contributed by atoms with Crippen molar-refractivity contribution in [3.63, 3.8) is 0 Å². The quantitative estimate of drug-likeness (QED) is 0.779. The fraction of sp³-hybridized carbons (Fsp3) is 0.133. The predicted octanol–water partition coefficient (Wildman–Crippen LogP) is 4.34. The number of aromatic nitrogens is 1. The van der Waals surface area contributed by atoms with Gasteiger partial charge >= 0.3 is 0 Å². The van der Waals surface area contributed by atoms with Crippen molar-refractivity contribution < 1.29 is 9.21 Å². The molecule has 0 aliphatic carbocycles. The smallest absolute Gasteiger partial charge is 0.270 e. The fourth-order valence-corrected chi connectivity index (χ4v) is 2.68. The molecule has 1 aromatic carbocycles. The lowest BCUT2D eigenvalue weighted by molar-refractivity contribution is 0.0780. The molecule has 4 nitrogen and oxygen atoms in total. The molecule has 1 N–H and O–H groups in total. The van der Waals surface area contributed by atoms with E-state index in [1.165, 1.54) is 0 Å². The number of amides is 1. The molecule has 0 spiro atoms. The van der Waals surface area contributed by atoms with Gasteiger partial charge in [-0.1, -0.05) is 29.3 Å². The lowest BCUT2D eigenvalue weighted by atomic mass is 10.2. The Kier molecular flexibility index (Phi) is 3.66. The van der Waals surface area contributed by atoms with Gasteiger partial charge < -0.3 is 14.3 Å². The minimum atomic E-state index is -0.155. The van der Waals surface area contributed by atoms with E-state index in [1.54, 1.807) is 48.5 Å². The van der Waals surface area contributed by atoms with Crippen LogP contribution in [0.25, 0.3) is 11.1 Å². The van der Waals surface area contributed by atoms with Gasteiger partial charge in [0.15, 0.2) is 5.58 Å². The number of hydrogen-bond donors (Lipinski definition) is 1. The summed E-state index contributed by atoms with van der Waals surface area (Å²) in [6, 6.07) is 8.74. The molecule has 0 radical (unpaired) electrons. The van der Waals surface area contributed by atoms with Crippen molar-refractivity contribution in [2.45, 2.75) is 6.54 Å². The predicted molar refractivity (Wildman–Crippen MR) is 82.8 cm³/mol. The van der Waals surface area contributed by atoms with Gasteiger partial charge in [0.05, 0.1) is 11.8 Å². The lowest BCUT2D eigenvalue weighted by Gasteiger charge is -2.18. The molecule has 6 heteroatoms. The van der Waals surface area contributed by atoms with Gasteiger partial charge in [-0.25, -0.2) is 0 Å². The maximum absolute atomic E-state index is 12.4. The molecule has 1 amide bonds. The van der Waals surface area contributed by atoms with Crippen LogP contribution >= 0.6 is 23.2 Å². The number of rotatable bonds is 3. The summed E-state index contributed by atoms with van der Waals surface area (Å²) in [5.74, 6) is -0.155. The van der Waals surface area contributed by atoms with E-state index in [0.717, 1.165) is 11.1 Å². The maximum Gasteiger partial charge on any atom is 0.270 e. The first-order valence-corrected chi connectivity index (χ1v) is 7.06. The van der Waals surface area contributed by atoms with Gasteiger partial charge in [0.2, 0.25) is 0 Å². The molecule has 21 heavy (non-hydrogen) atoms. The Labute approximate surface area is 131 Å². The largest absolute Gasteiger partial charge is 0.463 e. The molecule has 0 saturated heterocycles. The van der Waals surface area contributed by atoms with Crippen LogP contribution < -0.4 is 0 Å². The first-order chi connectivity index (χ1) is 10.1. The third-order valence-corrected chi connectivity index (χ3v) is 3.98. The zero-order valence-electron chi connectivity index (χ0n) is 11.2. The number of carbonyl (C=O) groups is 1. The Morgan fingerprint density at radius 2 is 2.00 bits per heavy atom. The summed E-state index contributed by atoms with van der Waals surface area (Å²) in [7, 11) is 1.70. The van der Waals surface area contributed by atoms with E-state index in [9.17, 15) is 4.79 Å². The molecule has 0 unspecified atom stereocenters. The van der Waals surface area contributed by atoms with Gasteiger partial charge in [-0.2, -0.15) is 0 Å². The molecule has 0 aliphatic heterocycles. The van der Waals surface area contributed by atoms with Gasteiger partial charge in [0, 0.05) is 41.3 Å². The molecular formula is C15H12Cl2N2O2. The average Bonchev–Trinajstić information content (AvgIpc) is 3.03. The van der Waals surface area contributed by atoms with Crippen LogP contribution in [0, 0.1) is 0 Å². The number of carbonyl (C=O) groups excluding carboxylic acids is 1. The van der Waals surface area contributed by atoms with E-state index in [4.69, 9.17) is 27.6 Å². The van der Waals surface area contributed by atoms with Crippen LogP contribution in [-0.4, -0.2) is 22.8 Å². The Morgan fingerprint density at radius 3 is 2.67 bits per heavy atom. The van der Waals surface area contributed by atoms with Crippen LogP contribution in [0.4, 0.5) is 0 Å². The Hall–Kier alpha value is -1.91. The third-order valence-electron chi connectivity index (χ3n) is 3.27. The zero-order valence-corrected chi connectivity index (χ0v) is 12.7. The second-order valence-electron chi connectivity index (χ2n) is 4.74. The Morgan fingerprint density at radius 1 is 1.29 bits per heavy atom. The van der Waals surface area contributed by atoms with Crippen LogP contribution in [0.5, 0.6) is 0 Å². The summed E-state index contributed by atoms with van der Waals surface area (Å²) in [6.07, 6.45) is 1.57. The van der Waals surface area contributed by atoms with Crippen molar-refractivity contribution in [2.24, 2.45) is 0 Å². The second kappa shape index (κ2) is 5.47. The second-order valence-corrected chi connectivity index (χ2v) is 5.56. The zero-order chi connectivity index (χ0) is 15.0. The van der Waals surface area contributed by atoms with E-state index in [0.29, 0.717) is 27.9 Å². The van der Waals surface area contributed by atoms with Gasteiger partial charge in [-0.3, -0.25) is 4.79 Å². The first kappa shape index (κ1) is 14.0. The molecule has 2 aromatic heterocycles. The Bertz CT molecular complexity index is 758. The van der Waals surface area contributed by atoms with Gasteiger partial charge in [-0.15, -0.1) is 0 Å². The number of furan rings is 1. The first-order valence-electron chi connectivity index (χ1n) is 6.31. The number of nitrogens with one attached hydrogen (secondary N) is 1. The third kappa shape index (κ3) is 2.64. The number of nitrogens with zero attached hydrogens (tertiary/aromatic N) is 1. The van der Waals surface area contributed by atoms with E-state index in [1.807, 2.05) is 0 Å². The van der Waals surface area contributed by atoms with Crippen molar-refractivity contribution >= 4 is 40.2 Å². The molecule has 0 atom stereocenters. The minimum absolute atomic E-state index is 0.155. The molecule has 108 valence electrons. The van der Waals surface area contributed by atoms with E-state index < -0.39 is 0 Å². The van der Waals surface area contributed by atoms with Crippen LogP contribution in [-0.2, 0) is 6.54 Å². The van der Waals surface area contributed by atoms with Crippen molar-refractivity contribution in [1.82, 2.24) is 9.88 Å². The molecule has 0 bridgehead atoms. The molecule has 0 saturated carbocycles. The highest BCUT2D eigenvalue weighted by Gasteiger charge is 2.17. The van der Waals surface area contributed by atoms with Crippen molar-refractivity contribution in [3.8, 4) is 0 Å². The molecular weight excluding hydrogens is 311 g/mol. The highest BCUT2D eigenvalue weighted by Crippen LogP contribution is 2.26. The van der Waals surface area contributed by atoms with Crippen molar-refractivity contribution in [3.05, 3.63) is 57.9 Å². The van der Waals surface area contributed by atoms with Crippen LogP contribution in [0.3, 0.4) is 0 Å². The average molecular weight is 323 g/mol. The highest BCUT2D eigenvalue weighted by atomic mass is 35.5. The monoisotopic (exact) mass is 322 g/mol. The summed E-state index contributed by atoms with van der Waals surface area (Å²) < 4.78 is 5.24. The lowest BCUT2D eigenvalue weighted by Crippen LogP contribution is -2.26. The number of H-pyrrole nitrogens is 1. The topological polar surface area (TPSA) is 49.2 Å². The van der Waals surface area contributed by atoms with E-state index in [-0.39, 0.29) is 5.91 Å². The molecule has 0 aliphatic rings. The van der Waals surface area contributed by atoms with Crippen molar-refractivity contribution in [1.29, 1.82) is 0 Å². The van der Waals surface area contributed by atoms with Crippen molar-refractivity contribution in [2.75, 3.05) is 7.05 Å².